The molecule has 0 radical (unpaired) electrons. The highest BCUT2D eigenvalue weighted by Gasteiger charge is 2.17. The number of nitrogen functional groups attached to an aromatic ring is 1. The number of anilines is 2. The third-order valence-corrected chi connectivity index (χ3v) is 5.28. The number of nitrogens with one attached hydrogen (secondary N) is 1. The summed E-state index contributed by atoms with van der Waals surface area (Å²) in [6, 6.07) is 6.68. The van der Waals surface area contributed by atoms with Gasteiger partial charge in [-0.3, -0.25) is 4.72 Å². The van der Waals surface area contributed by atoms with Crippen molar-refractivity contribution in [2.75, 3.05) is 10.5 Å². The average Bonchev–Trinajstić information content (AvgIpc) is 2.38. The van der Waals surface area contributed by atoms with Gasteiger partial charge >= 0.3 is 0 Å². The van der Waals surface area contributed by atoms with Gasteiger partial charge in [-0.05, 0) is 30.3 Å². The topological polar surface area (TPSA) is 72.2 Å². The molecule has 0 fully saturated rings. The van der Waals surface area contributed by atoms with Gasteiger partial charge in [-0.15, -0.1) is 0 Å². The van der Waals surface area contributed by atoms with E-state index in [9.17, 15) is 8.42 Å². The molecule has 0 aliphatic carbocycles. The molecule has 0 aromatic heterocycles. The predicted octanol–water partition coefficient (Wildman–Crippen LogP) is 4.68. The Balaban J connectivity index is 2.39. The molecule has 3 N–H and O–H groups in total. The minimum Gasteiger partial charge on any atom is -0.396 e. The predicted molar refractivity (Wildman–Crippen MR) is 88.1 cm³/mol. The van der Waals surface area contributed by atoms with E-state index in [4.69, 9.17) is 52.1 Å². The Morgan fingerprint density at radius 3 is 1.95 bits per heavy atom. The second-order valence-electron chi connectivity index (χ2n) is 4.03. The number of rotatable bonds is 3. The smallest absolute Gasteiger partial charge is 0.261 e. The van der Waals surface area contributed by atoms with E-state index in [-0.39, 0.29) is 36.4 Å². The summed E-state index contributed by atoms with van der Waals surface area (Å²) in [5.74, 6) is 0. The summed E-state index contributed by atoms with van der Waals surface area (Å²) in [4.78, 5) is -0.0408. The van der Waals surface area contributed by atoms with Crippen LogP contribution in [0.15, 0.2) is 35.2 Å². The van der Waals surface area contributed by atoms with Crippen LogP contribution in [0.3, 0.4) is 0 Å². The molecular formula is C12H8Cl4N2O2S. The molecule has 0 heterocycles. The van der Waals surface area contributed by atoms with Crippen LogP contribution in [0.5, 0.6) is 0 Å². The van der Waals surface area contributed by atoms with Gasteiger partial charge < -0.3 is 5.73 Å². The Bertz CT molecular complexity index is 786. The molecule has 4 nitrogen and oxygen atoms in total. The SMILES string of the molecule is Nc1c(Cl)cc(NS(=O)(=O)c2ccc(Cl)c(Cl)c2)cc1Cl. The van der Waals surface area contributed by atoms with Crippen LogP contribution in [0, 0.1) is 0 Å². The number of hydrogen-bond donors (Lipinski definition) is 2. The first kappa shape index (κ1) is 16.5. The van der Waals surface area contributed by atoms with Crippen molar-refractivity contribution in [3.63, 3.8) is 0 Å². The zero-order valence-electron chi connectivity index (χ0n) is 10.2. The van der Waals surface area contributed by atoms with Crippen molar-refractivity contribution in [2.24, 2.45) is 0 Å². The van der Waals surface area contributed by atoms with Gasteiger partial charge in [0.2, 0.25) is 0 Å². The van der Waals surface area contributed by atoms with Gasteiger partial charge in [0.25, 0.3) is 10.0 Å². The van der Waals surface area contributed by atoms with E-state index in [2.05, 4.69) is 4.72 Å². The van der Waals surface area contributed by atoms with Gasteiger partial charge in [-0.1, -0.05) is 46.4 Å². The monoisotopic (exact) mass is 384 g/mol. The number of hydrogen-bond acceptors (Lipinski definition) is 3. The summed E-state index contributed by atoms with van der Waals surface area (Å²) in [5, 5.41) is 0.686. The van der Waals surface area contributed by atoms with Gasteiger partial charge in [-0.2, -0.15) is 0 Å². The first-order valence-corrected chi connectivity index (χ1v) is 8.42. The maximum Gasteiger partial charge on any atom is 0.261 e. The van der Waals surface area contributed by atoms with E-state index in [0.29, 0.717) is 0 Å². The fraction of sp³-hybridized carbons (Fsp3) is 0. The van der Waals surface area contributed by atoms with Crippen LogP contribution < -0.4 is 10.5 Å². The number of nitrogens with two attached hydrogens (primary N) is 1. The van der Waals surface area contributed by atoms with Crippen molar-refractivity contribution in [3.05, 3.63) is 50.4 Å². The maximum absolute atomic E-state index is 12.2. The van der Waals surface area contributed by atoms with Crippen LogP contribution in [0.2, 0.25) is 20.1 Å². The molecule has 0 aliphatic heterocycles. The summed E-state index contributed by atoms with van der Waals surface area (Å²) in [6.45, 7) is 0. The van der Waals surface area contributed by atoms with E-state index < -0.39 is 10.0 Å². The molecule has 112 valence electrons. The van der Waals surface area contributed by atoms with Crippen LogP contribution in [0.4, 0.5) is 11.4 Å². The Morgan fingerprint density at radius 1 is 0.857 bits per heavy atom. The van der Waals surface area contributed by atoms with Crippen molar-refractivity contribution < 1.29 is 8.42 Å². The van der Waals surface area contributed by atoms with Gasteiger partial charge in [-0.25, -0.2) is 8.42 Å². The molecule has 0 unspecified atom stereocenters. The molecular weight excluding hydrogens is 378 g/mol. The largest absolute Gasteiger partial charge is 0.396 e. The molecule has 0 aliphatic rings. The molecule has 0 bridgehead atoms. The Kier molecular flexibility index (Phi) is 4.80. The standard InChI is InChI=1S/C12H8Cl4N2O2S/c13-8-2-1-7(5-9(8)14)21(19,20)18-6-3-10(15)12(17)11(16)4-6/h1-5,18H,17H2. The number of halogens is 4. The van der Waals surface area contributed by atoms with Crippen molar-refractivity contribution in [1.82, 2.24) is 0 Å². The van der Waals surface area contributed by atoms with E-state index in [1.165, 1.54) is 30.3 Å². The summed E-state index contributed by atoms with van der Waals surface area (Å²) in [5.41, 5.74) is 5.95. The van der Waals surface area contributed by atoms with Crippen molar-refractivity contribution in [3.8, 4) is 0 Å². The lowest BCUT2D eigenvalue weighted by atomic mass is 10.3. The van der Waals surface area contributed by atoms with E-state index in [1.807, 2.05) is 0 Å². The van der Waals surface area contributed by atoms with Crippen LogP contribution >= 0.6 is 46.4 Å². The highest BCUT2D eigenvalue weighted by molar-refractivity contribution is 7.92. The van der Waals surface area contributed by atoms with Crippen molar-refractivity contribution >= 4 is 67.8 Å². The molecule has 2 aromatic carbocycles. The summed E-state index contributed by atoms with van der Waals surface area (Å²) in [7, 11) is -3.85. The number of sulfonamides is 1. The lowest BCUT2D eigenvalue weighted by molar-refractivity contribution is 0.601. The highest BCUT2D eigenvalue weighted by Crippen LogP contribution is 2.32. The van der Waals surface area contributed by atoms with Crippen molar-refractivity contribution in [2.45, 2.75) is 4.90 Å². The minimum absolute atomic E-state index is 0.0408. The second kappa shape index (κ2) is 6.10. The van der Waals surface area contributed by atoms with Crippen LogP contribution in [-0.2, 0) is 10.0 Å². The van der Waals surface area contributed by atoms with Gasteiger partial charge in [0.15, 0.2) is 0 Å². The molecule has 0 saturated heterocycles. The van der Waals surface area contributed by atoms with Crippen molar-refractivity contribution in [1.29, 1.82) is 0 Å². The van der Waals surface area contributed by atoms with E-state index >= 15 is 0 Å². The molecule has 0 amide bonds. The first-order chi connectivity index (χ1) is 9.70. The Labute approximate surface area is 141 Å². The summed E-state index contributed by atoms with van der Waals surface area (Å²) < 4.78 is 26.8. The molecule has 0 atom stereocenters. The normalized spacial score (nSPS) is 11.4. The van der Waals surface area contributed by atoms with E-state index in [1.54, 1.807) is 0 Å². The molecule has 2 rings (SSSR count). The Hall–Kier alpha value is -0.850. The lowest BCUT2D eigenvalue weighted by Gasteiger charge is -2.11. The summed E-state index contributed by atoms with van der Waals surface area (Å²) >= 11 is 23.3. The average molecular weight is 386 g/mol. The molecule has 9 heteroatoms. The molecule has 0 spiro atoms. The van der Waals surface area contributed by atoms with Crippen LogP contribution in [-0.4, -0.2) is 8.42 Å². The van der Waals surface area contributed by atoms with Gasteiger partial charge in [0.1, 0.15) is 0 Å². The minimum atomic E-state index is -3.85. The summed E-state index contributed by atoms with van der Waals surface area (Å²) in [6.07, 6.45) is 0. The van der Waals surface area contributed by atoms with Gasteiger partial charge in [0, 0.05) is 0 Å². The third-order valence-electron chi connectivity index (χ3n) is 2.53. The van der Waals surface area contributed by atoms with Gasteiger partial charge in [0.05, 0.1) is 36.4 Å². The molecule has 0 saturated carbocycles. The number of benzene rings is 2. The maximum atomic E-state index is 12.2. The fourth-order valence-electron chi connectivity index (χ4n) is 1.50. The molecule has 21 heavy (non-hydrogen) atoms. The quantitative estimate of drug-likeness (QED) is 0.753. The van der Waals surface area contributed by atoms with Crippen LogP contribution in [0.1, 0.15) is 0 Å². The highest BCUT2D eigenvalue weighted by atomic mass is 35.5. The van der Waals surface area contributed by atoms with E-state index in [0.717, 1.165) is 0 Å². The fourth-order valence-corrected chi connectivity index (χ4v) is 3.42. The Morgan fingerprint density at radius 2 is 1.43 bits per heavy atom. The second-order valence-corrected chi connectivity index (χ2v) is 7.35. The first-order valence-electron chi connectivity index (χ1n) is 5.43. The third kappa shape index (κ3) is 3.67. The molecule has 2 aromatic rings. The zero-order valence-corrected chi connectivity index (χ0v) is 14.0. The zero-order chi connectivity index (χ0) is 15.8. The van der Waals surface area contributed by atoms with Crippen LogP contribution in [0.25, 0.3) is 0 Å². The lowest BCUT2D eigenvalue weighted by Crippen LogP contribution is -2.13.